The number of carboxylic acids is 1. The van der Waals surface area contributed by atoms with Crippen LogP contribution in [0, 0.1) is 11.3 Å². The third-order valence-electron chi connectivity index (χ3n) is 5.07. The molecule has 1 aliphatic rings. The molecule has 1 atom stereocenters. The molecule has 1 saturated carbocycles. The molecule has 0 aromatic carbocycles. The van der Waals surface area contributed by atoms with E-state index in [0.29, 0.717) is 12.8 Å². The van der Waals surface area contributed by atoms with Gasteiger partial charge in [-0.1, -0.05) is 33.6 Å². The van der Waals surface area contributed by atoms with Crippen LogP contribution in [-0.2, 0) is 27.2 Å². The minimum Gasteiger partial charge on any atom is -0.480 e. The van der Waals surface area contributed by atoms with E-state index in [9.17, 15) is 19.5 Å². The Morgan fingerprint density at radius 1 is 1.38 bits per heavy atom. The summed E-state index contributed by atoms with van der Waals surface area (Å²) >= 11 is 1.60. The molecular weight excluding hydrogens is 350 g/mol. The zero-order chi connectivity index (χ0) is 19.3. The number of amides is 1. The van der Waals surface area contributed by atoms with Gasteiger partial charge < -0.3 is 14.8 Å². The van der Waals surface area contributed by atoms with Gasteiger partial charge in [-0.05, 0) is 42.7 Å². The minimum absolute atomic E-state index is 0.0536. The highest BCUT2D eigenvalue weighted by molar-refractivity contribution is 7.10. The molecule has 1 aromatic heterocycles. The van der Waals surface area contributed by atoms with Crippen molar-refractivity contribution in [2.24, 2.45) is 11.3 Å². The fourth-order valence-corrected chi connectivity index (χ4v) is 4.67. The largest absolute Gasteiger partial charge is 0.480 e. The Hall–Kier alpha value is -1.69. The summed E-state index contributed by atoms with van der Waals surface area (Å²) in [5.74, 6) is -1.30. The van der Waals surface area contributed by atoms with Gasteiger partial charge in [0.1, 0.15) is 12.8 Å². The average molecular weight is 380 g/mol. The first-order valence-electron chi connectivity index (χ1n) is 9.27. The maximum absolute atomic E-state index is 13.0. The molecule has 1 unspecified atom stereocenters. The maximum Gasteiger partial charge on any atom is 0.323 e. The molecule has 0 radical (unpaired) electrons. The van der Waals surface area contributed by atoms with Crippen molar-refractivity contribution in [3.63, 3.8) is 0 Å². The van der Waals surface area contributed by atoms with Gasteiger partial charge in [0.2, 0.25) is 5.91 Å². The summed E-state index contributed by atoms with van der Waals surface area (Å²) in [6.45, 7) is 5.47. The molecule has 0 bridgehead atoms. The Morgan fingerprint density at radius 2 is 2.04 bits per heavy atom. The Labute approximate surface area is 159 Å². The lowest BCUT2D eigenvalue weighted by atomic mass is 9.86. The second kappa shape index (κ2) is 8.80. The molecule has 0 saturated heterocycles. The SMILES string of the molecule is CC(Cc1sccc1CC(C)(C)C=O)C(=O)N(CC(=O)O)C1CCCC1. The van der Waals surface area contributed by atoms with E-state index in [-0.39, 0.29) is 24.4 Å². The summed E-state index contributed by atoms with van der Waals surface area (Å²) in [5, 5.41) is 11.2. The van der Waals surface area contributed by atoms with Gasteiger partial charge in [0.15, 0.2) is 0 Å². The molecular formula is C20H29NO4S. The topological polar surface area (TPSA) is 74.7 Å². The highest BCUT2D eigenvalue weighted by Crippen LogP contribution is 2.29. The molecule has 5 nitrogen and oxygen atoms in total. The number of nitrogens with zero attached hydrogens (tertiary/aromatic N) is 1. The summed E-state index contributed by atoms with van der Waals surface area (Å²) in [7, 11) is 0. The second-order valence-electron chi connectivity index (χ2n) is 8.06. The molecule has 144 valence electrons. The number of aliphatic carboxylic acids is 1. The number of hydrogen-bond acceptors (Lipinski definition) is 4. The standard InChI is InChI=1S/C20H29NO4S/c1-14(10-17-15(8-9-26-17)11-20(2,3)13-22)19(25)21(12-18(23)24)16-6-4-5-7-16/h8-9,13-14,16H,4-7,10-12H2,1-3H3,(H,23,24). The quantitative estimate of drug-likeness (QED) is 0.666. The van der Waals surface area contributed by atoms with Gasteiger partial charge in [-0.15, -0.1) is 11.3 Å². The molecule has 1 amide bonds. The number of aldehydes is 1. The van der Waals surface area contributed by atoms with E-state index in [1.807, 2.05) is 32.2 Å². The van der Waals surface area contributed by atoms with Gasteiger partial charge in [-0.25, -0.2) is 0 Å². The minimum atomic E-state index is -0.956. The summed E-state index contributed by atoms with van der Waals surface area (Å²) in [5.41, 5.74) is 0.680. The van der Waals surface area contributed by atoms with Crippen LogP contribution in [0.15, 0.2) is 11.4 Å². The number of carboxylic acid groups (broad SMARTS) is 1. The Balaban J connectivity index is 2.09. The number of hydrogen-bond donors (Lipinski definition) is 1. The fraction of sp³-hybridized carbons (Fsp3) is 0.650. The average Bonchev–Trinajstić information content (AvgIpc) is 3.24. The maximum atomic E-state index is 13.0. The smallest absolute Gasteiger partial charge is 0.323 e. The summed E-state index contributed by atoms with van der Waals surface area (Å²) in [6.07, 6.45) is 6.10. The zero-order valence-electron chi connectivity index (χ0n) is 15.9. The van der Waals surface area contributed by atoms with Gasteiger partial charge >= 0.3 is 5.97 Å². The first kappa shape index (κ1) is 20.6. The molecule has 1 aromatic rings. The number of thiophene rings is 1. The monoisotopic (exact) mass is 379 g/mol. The Kier molecular flexibility index (Phi) is 6.98. The third-order valence-corrected chi connectivity index (χ3v) is 6.06. The number of carbonyl (C=O) groups is 3. The van der Waals surface area contributed by atoms with E-state index in [1.165, 1.54) is 0 Å². The van der Waals surface area contributed by atoms with Crippen LogP contribution in [0.1, 0.15) is 56.9 Å². The first-order chi connectivity index (χ1) is 12.2. The molecule has 0 aliphatic heterocycles. The van der Waals surface area contributed by atoms with Crippen LogP contribution in [0.3, 0.4) is 0 Å². The first-order valence-corrected chi connectivity index (χ1v) is 10.2. The van der Waals surface area contributed by atoms with Crippen LogP contribution in [0.2, 0.25) is 0 Å². The van der Waals surface area contributed by atoms with E-state index in [1.54, 1.807) is 16.2 Å². The predicted octanol–water partition coefficient (Wildman–Crippen LogP) is 3.55. The van der Waals surface area contributed by atoms with Gasteiger partial charge in [-0.2, -0.15) is 0 Å². The van der Waals surface area contributed by atoms with Crippen molar-refractivity contribution >= 4 is 29.5 Å². The molecule has 1 aliphatic carbocycles. The Morgan fingerprint density at radius 3 is 2.62 bits per heavy atom. The lowest BCUT2D eigenvalue weighted by Gasteiger charge is -2.30. The fourth-order valence-electron chi connectivity index (χ4n) is 3.63. The van der Waals surface area contributed by atoms with Crippen molar-refractivity contribution in [1.82, 2.24) is 4.90 Å². The van der Waals surface area contributed by atoms with Crippen molar-refractivity contribution in [3.05, 3.63) is 21.9 Å². The highest BCUT2D eigenvalue weighted by Gasteiger charge is 2.31. The van der Waals surface area contributed by atoms with Crippen molar-refractivity contribution in [1.29, 1.82) is 0 Å². The van der Waals surface area contributed by atoms with E-state index >= 15 is 0 Å². The number of rotatable bonds is 9. The van der Waals surface area contributed by atoms with Crippen molar-refractivity contribution in [3.8, 4) is 0 Å². The zero-order valence-corrected chi connectivity index (χ0v) is 16.7. The molecule has 0 spiro atoms. The highest BCUT2D eigenvalue weighted by atomic mass is 32.1. The van der Waals surface area contributed by atoms with Gasteiger partial charge in [0.05, 0.1) is 0 Å². The van der Waals surface area contributed by atoms with Crippen molar-refractivity contribution in [2.45, 2.75) is 65.3 Å². The lowest BCUT2D eigenvalue weighted by molar-refractivity contribution is -0.148. The van der Waals surface area contributed by atoms with E-state index < -0.39 is 11.4 Å². The van der Waals surface area contributed by atoms with E-state index in [4.69, 9.17) is 0 Å². The van der Waals surface area contributed by atoms with Crippen molar-refractivity contribution < 1.29 is 19.5 Å². The van der Waals surface area contributed by atoms with Crippen LogP contribution >= 0.6 is 11.3 Å². The van der Waals surface area contributed by atoms with E-state index in [0.717, 1.165) is 42.4 Å². The van der Waals surface area contributed by atoms with Crippen molar-refractivity contribution in [2.75, 3.05) is 6.54 Å². The van der Waals surface area contributed by atoms with Crippen LogP contribution < -0.4 is 0 Å². The van der Waals surface area contributed by atoms with Gasteiger partial charge in [0.25, 0.3) is 0 Å². The van der Waals surface area contributed by atoms with Crippen LogP contribution in [0.5, 0.6) is 0 Å². The van der Waals surface area contributed by atoms with Gasteiger partial charge in [-0.3, -0.25) is 9.59 Å². The van der Waals surface area contributed by atoms with Crippen LogP contribution in [0.25, 0.3) is 0 Å². The molecule has 6 heteroatoms. The summed E-state index contributed by atoms with van der Waals surface area (Å²) in [4.78, 5) is 38.1. The summed E-state index contributed by atoms with van der Waals surface area (Å²) in [6, 6.07) is 2.08. The molecule has 26 heavy (non-hydrogen) atoms. The molecule has 2 rings (SSSR count). The van der Waals surface area contributed by atoms with Crippen LogP contribution in [-0.4, -0.2) is 40.8 Å². The van der Waals surface area contributed by atoms with E-state index in [2.05, 4.69) is 0 Å². The summed E-state index contributed by atoms with van der Waals surface area (Å²) < 4.78 is 0. The molecule has 1 N–H and O–H groups in total. The lowest BCUT2D eigenvalue weighted by Crippen LogP contribution is -2.45. The van der Waals surface area contributed by atoms with Crippen LogP contribution in [0.4, 0.5) is 0 Å². The Bertz CT molecular complexity index is 646. The third kappa shape index (κ3) is 5.40. The normalized spacial score (nSPS) is 16.4. The molecule has 1 heterocycles. The van der Waals surface area contributed by atoms with Gasteiger partial charge in [0, 0.05) is 22.3 Å². The number of carbonyl (C=O) groups excluding carboxylic acids is 2. The molecule has 1 fully saturated rings. The predicted molar refractivity (Wildman–Crippen MR) is 102 cm³/mol. The second-order valence-corrected chi connectivity index (χ2v) is 9.06.